The molecule has 0 saturated carbocycles. The molecule has 0 amide bonds. The predicted octanol–water partition coefficient (Wildman–Crippen LogP) is 5.90. The number of rotatable bonds is 13. The molecule has 5 heterocycles. The van der Waals surface area contributed by atoms with E-state index in [2.05, 4.69) is 40.6 Å². The Morgan fingerprint density at radius 1 is 1.02 bits per heavy atom. The van der Waals surface area contributed by atoms with Crippen LogP contribution in [0.1, 0.15) is 24.4 Å². The summed E-state index contributed by atoms with van der Waals surface area (Å²) in [6.45, 7) is 14.2. The summed E-state index contributed by atoms with van der Waals surface area (Å²) in [7, 11) is -4.90. The quantitative estimate of drug-likeness (QED) is 0.107. The zero-order valence-corrected chi connectivity index (χ0v) is 33.4. The summed E-state index contributed by atoms with van der Waals surface area (Å²) in [6.07, 6.45) is 6.44. The Balaban J connectivity index is 1.37. The zero-order chi connectivity index (χ0) is 38.2. The Morgan fingerprint density at radius 3 is 2.50 bits per heavy atom. The van der Waals surface area contributed by atoms with Crippen LogP contribution in [0.4, 0.5) is 17.2 Å². The highest BCUT2D eigenvalue weighted by Crippen LogP contribution is 2.38. The van der Waals surface area contributed by atoms with Gasteiger partial charge in [0.25, 0.3) is 5.56 Å². The van der Waals surface area contributed by atoms with E-state index in [0.717, 1.165) is 34.7 Å². The number of fused-ring (bicyclic) bond motifs is 2. The zero-order valence-electron chi connectivity index (χ0n) is 31.5. The van der Waals surface area contributed by atoms with E-state index in [0.29, 0.717) is 72.5 Å². The van der Waals surface area contributed by atoms with Crippen LogP contribution >= 0.6 is 0 Å². The Labute approximate surface area is 315 Å². The minimum absolute atomic E-state index is 0.177. The Kier molecular flexibility index (Phi) is 10.4. The van der Waals surface area contributed by atoms with Crippen LogP contribution in [0.5, 0.6) is 0 Å². The maximum atomic E-state index is 14.1. The number of sulfonamides is 1. The summed E-state index contributed by atoms with van der Waals surface area (Å²) >= 11 is 0. The summed E-state index contributed by atoms with van der Waals surface area (Å²) in [4.78, 5) is 25.8. The number of benzene rings is 2. The van der Waals surface area contributed by atoms with E-state index in [1.807, 2.05) is 73.1 Å². The van der Waals surface area contributed by atoms with Crippen LogP contribution in [-0.2, 0) is 26.2 Å². The first-order valence-electron chi connectivity index (χ1n) is 18.1. The number of hydrogen-bond acceptors (Lipinski definition) is 10. The van der Waals surface area contributed by atoms with E-state index in [1.165, 1.54) is 6.33 Å². The number of anilines is 3. The third kappa shape index (κ3) is 8.06. The first kappa shape index (κ1) is 37.3. The van der Waals surface area contributed by atoms with Crippen molar-refractivity contribution in [1.29, 1.82) is 0 Å². The number of ether oxygens (including phenoxy) is 2. The molecule has 284 valence electrons. The highest BCUT2D eigenvalue weighted by atomic mass is 32.2. The predicted molar refractivity (Wildman–Crippen MR) is 216 cm³/mol. The van der Waals surface area contributed by atoms with Crippen LogP contribution in [0, 0.1) is 6.92 Å². The molecular formula is C38H47N9O5SSi. The lowest BCUT2D eigenvalue weighted by Crippen LogP contribution is -2.36. The Morgan fingerprint density at radius 2 is 1.78 bits per heavy atom. The Bertz CT molecular complexity index is 2470. The lowest BCUT2D eigenvalue weighted by Gasteiger charge is -2.29. The highest BCUT2D eigenvalue weighted by molar-refractivity contribution is 7.92. The van der Waals surface area contributed by atoms with Crippen molar-refractivity contribution in [2.75, 3.05) is 54.1 Å². The molecule has 1 aliphatic rings. The lowest BCUT2D eigenvalue weighted by molar-refractivity contribution is 0.0899. The second-order valence-electron chi connectivity index (χ2n) is 15.0. The average Bonchev–Trinajstić information content (AvgIpc) is 3.70. The molecular weight excluding hydrogens is 723 g/mol. The SMILES string of the molecule is Cc1ccn2nc([C@H](C)Nc3ncnc4c3c(-c3cc(NS(C)(=O)=O)cc(N5CCOCC5)c3)cn4COCC[Si](C)(C)C)n(-c3ccccc3)c(=O)c12. The summed E-state index contributed by atoms with van der Waals surface area (Å²) in [5, 5.41) is 9.24. The van der Waals surface area contributed by atoms with Gasteiger partial charge in [0.05, 0.1) is 42.3 Å². The van der Waals surface area contributed by atoms with Gasteiger partial charge in [-0.05, 0) is 67.4 Å². The van der Waals surface area contributed by atoms with E-state index in [1.54, 1.807) is 15.3 Å². The van der Waals surface area contributed by atoms with Gasteiger partial charge in [0.1, 0.15) is 30.0 Å². The molecule has 16 heteroatoms. The molecule has 7 rings (SSSR count). The number of aryl methyl sites for hydroxylation is 1. The Hall–Kier alpha value is -5.03. The van der Waals surface area contributed by atoms with Crippen molar-refractivity contribution in [1.82, 2.24) is 28.7 Å². The van der Waals surface area contributed by atoms with Crippen molar-refractivity contribution in [2.24, 2.45) is 0 Å². The van der Waals surface area contributed by atoms with Gasteiger partial charge in [-0.3, -0.25) is 14.1 Å². The monoisotopic (exact) mass is 769 g/mol. The molecule has 54 heavy (non-hydrogen) atoms. The standard InChI is InChI=1S/C38H47N9O5SSi/c1-26-12-13-46-34(26)38(48)47(30-10-8-7-9-11-30)36(42-46)27(2)41-35-33-32(23-45(37(33)40-24-39-35)25-52-18-19-54(4,5)6)28-20-29(43-53(3,49)50)22-31(21-28)44-14-16-51-17-15-44/h7-13,20-24,27,43H,14-19,25H2,1-6H3,(H,39,40,41)/t27-/m0/s1. The fourth-order valence-electron chi connectivity index (χ4n) is 6.74. The summed E-state index contributed by atoms with van der Waals surface area (Å²) in [5.41, 5.74) is 5.36. The summed E-state index contributed by atoms with van der Waals surface area (Å²) in [5.74, 6) is 1.01. The molecule has 0 spiro atoms. The normalized spacial score (nSPS) is 14.5. The van der Waals surface area contributed by atoms with Gasteiger partial charge in [-0.1, -0.05) is 37.8 Å². The molecule has 2 N–H and O–H groups in total. The second-order valence-corrected chi connectivity index (χ2v) is 22.4. The molecule has 0 bridgehead atoms. The fraction of sp³-hybridized carbons (Fsp3) is 0.368. The molecule has 1 saturated heterocycles. The largest absolute Gasteiger partial charge is 0.378 e. The van der Waals surface area contributed by atoms with Crippen LogP contribution in [0.2, 0.25) is 25.7 Å². The van der Waals surface area contributed by atoms with Crippen molar-refractivity contribution in [2.45, 2.75) is 52.3 Å². The number of nitrogens with one attached hydrogen (secondary N) is 2. The molecule has 14 nitrogen and oxygen atoms in total. The van der Waals surface area contributed by atoms with Gasteiger partial charge in [0, 0.05) is 51.4 Å². The molecule has 2 aromatic carbocycles. The third-order valence-corrected chi connectivity index (χ3v) is 11.8. The smallest absolute Gasteiger partial charge is 0.282 e. The number of morpholine rings is 1. The maximum Gasteiger partial charge on any atom is 0.282 e. The number of hydrogen-bond donors (Lipinski definition) is 2. The average molecular weight is 770 g/mol. The molecule has 6 aromatic rings. The number of nitrogens with zero attached hydrogens (tertiary/aromatic N) is 7. The molecule has 4 aromatic heterocycles. The van der Waals surface area contributed by atoms with Crippen molar-refractivity contribution in [3.63, 3.8) is 0 Å². The topological polar surface area (TPSA) is 150 Å². The first-order valence-corrected chi connectivity index (χ1v) is 23.7. The molecule has 0 unspecified atom stereocenters. The molecule has 1 atom stereocenters. The van der Waals surface area contributed by atoms with Gasteiger partial charge in [0.2, 0.25) is 10.0 Å². The molecule has 1 fully saturated rings. The number of aromatic nitrogens is 6. The molecule has 0 aliphatic carbocycles. The fourth-order valence-corrected chi connectivity index (χ4v) is 8.05. The van der Waals surface area contributed by atoms with Crippen LogP contribution in [0.25, 0.3) is 33.4 Å². The van der Waals surface area contributed by atoms with Gasteiger partial charge in [-0.15, -0.1) is 0 Å². The van der Waals surface area contributed by atoms with E-state index in [-0.39, 0.29) is 12.3 Å². The lowest BCUT2D eigenvalue weighted by atomic mass is 10.0. The first-order chi connectivity index (χ1) is 25.8. The van der Waals surface area contributed by atoms with Crippen molar-refractivity contribution >= 4 is 51.8 Å². The van der Waals surface area contributed by atoms with Gasteiger partial charge in [0.15, 0.2) is 5.82 Å². The second kappa shape index (κ2) is 15.0. The van der Waals surface area contributed by atoms with E-state index in [4.69, 9.17) is 24.5 Å². The van der Waals surface area contributed by atoms with Crippen molar-refractivity contribution in [3.05, 3.63) is 95.1 Å². The minimum Gasteiger partial charge on any atom is -0.378 e. The maximum absolute atomic E-state index is 14.1. The molecule has 1 aliphatic heterocycles. The highest BCUT2D eigenvalue weighted by Gasteiger charge is 2.24. The van der Waals surface area contributed by atoms with E-state index < -0.39 is 24.1 Å². The third-order valence-electron chi connectivity index (χ3n) is 9.46. The van der Waals surface area contributed by atoms with Crippen molar-refractivity contribution < 1.29 is 17.9 Å². The van der Waals surface area contributed by atoms with Crippen molar-refractivity contribution in [3.8, 4) is 16.8 Å². The van der Waals surface area contributed by atoms with E-state index >= 15 is 0 Å². The molecule has 0 radical (unpaired) electrons. The number of para-hydroxylation sites is 1. The van der Waals surface area contributed by atoms with E-state index in [9.17, 15) is 13.2 Å². The van der Waals surface area contributed by atoms with Crippen LogP contribution in [-0.4, -0.2) is 84.4 Å². The minimum atomic E-state index is -3.58. The van der Waals surface area contributed by atoms with Gasteiger partial charge >= 0.3 is 0 Å². The van der Waals surface area contributed by atoms with Gasteiger partial charge in [-0.25, -0.2) is 22.9 Å². The summed E-state index contributed by atoms with van der Waals surface area (Å²) < 4.78 is 44.8. The van der Waals surface area contributed by atoms with Crippen LogP contribution < -0.4 is 20.5 Å². The van der Waals surface area contributed by atoms with Crippen LogP contribution in [0.15, 0.2) is 78.1 Å². The summed E-state index contributed by atoms with van der Waals surface area (Å²) in [6, 6.07) is 17.6. The van der Waals surface area contributed by atoms with Gasteiger partial charge in [-0.2, -0.15) is 5.10 Å². The van der Waals surface area contributed by atoms with Crippen LogP contribution in [0.3, 0.4) is 0 Å². The van der Waals surface area contributed by atoms with Gasteiger partial charge < -0.3 is 24.3 Å².